The molecule has 1 atom stereocenters. The van der Waals surface area contributed by atoms with Gasteiger partial charge in [0.2, 0.25) is 0 Å². The Bertz CT molecular complexity index is 714. The van der Waals surface area contributed by atoms with Gasteiger partial charge < -0.3 is 10.1 Å². The topological polar surface area (TPSA) is 55.4 Å². The zero-order chi connectivity index (χ0) is 18.2. The summed E-state index contributed by atoms with van der Waals surface area (Å²) in [7, 11) is 1.33. The van der Waals surface area contributed by atoms with Crippen molar-refractivity contribution in [1.82, 2.24) is 5.32 Å². The first kappa shape index (κ1) is 19.7. The van der Waals surface area contributed by atoms with Crippen LogP contribution in [0.1, 0.15) is 28.8 Å². The van der Waals surface area contributed by atoms with E-state index in [-0.39, 0.29) is 5.91 Å². The number of hydrogen-bond donors (Lipinski definition) is 1. The first-order valence-electron chi connectivity index (χ1n) is 7.88. The van der Waals surface area contributed by atoms with E-state index in [1.54, 1.807) is 12.1 Å². The van der Waals surface area contributed by atoms with Crippen molar-refractivity contribution in [3.63, 3.8) is 0 Å². The van der Waals surface area contributed by atoms with E-state index in [1.165, 1.54) is 12.7 Å². The van der Waals surface area contributed by atoms with Crippen molar-refractivity contribution in [1.29, 1.82) is 0 Å². The first-order valence-corrected chi connectivity index (χ1v) is 9.47. The van der Waals surface area contributed by atoms with Crippen molar-refractivity contribution in [2.24, 2.45) is 0 Å². The van der Waals surface area contributed by atoms with Crippen LogP contribution in [-0.4, -0.2) is 25.0 Å². The van der Waals surface area contributed by atoms with E-state index < -0.39 is 12.0 Å². The summed E-state index contributed by atoms with van der Waals surface area (Å²) in [6.07, 6.45) is 2.13. The molecule has 0 radical (unpaired) electrons. The van der Waals surface area contributed by atoms with Crippen LogP contribution in [0.15, 0.2) is 57.5 Å². The molecular formula is C19H19Br2NO3. The van der Waals surface area contributed by atoms with Gasteiger partial charge in [-0.3, -0.25) is 4.79 Å². The summed E-state index contributed by atoms with van der Waals surface area (Å²) in [6.45, 7) is 0. The molecule has 2 aromatic rings. The number of ether oxygens (including phenoxy) is 1. The number of esters is 1. The van der Waals surface area contributed by atoms with E-state index in [9.17, 15) is 9.59 Å². The maximum atomic E-state index is 12.5. The van der Waals surface area contributed by atoms with E-state index in [1.807, 2.05) is 36.4 Å². The fourth-order valence-electron chi connectivity index (χ4n) is 2.47. The molecule has 0 heterocycles. The lowest BCUT2D eigenvalue weighted by molar-refractivity contribution is -0.143. The van der Waals surface area contributed by atoms with Crippen molar-refractivity contribution >= 4 is 43.7 Å². The summed E-state index contributed by atoms with van der Waals surface area (Å²) in [5.74, 6) is -0.743. The molecule has 4 nitrogen and oxygen atoms in total. The van der Waals surface area contributed by atoms with Crippen LogP contribution in [0.2, 0.25) is 0 Å². The molecule has 0 aliphatic heterocycles. The lowest BCUT2D eigenvalue weighted by Crippen LogP contribution is -2.41. The maximum Gasteiger partial charge on any atom is 0.328 e. The predicted molar refractivity (Wildman–Crippen MR) is 104 cm³/mol. The molecule has 25 heavy (non-hydrogen) atoms. The summed E-state index contributed by atoms with van der Waals surface area (Å²) in [4.78, 5) is 24.5. The molecule has 2 aromatic carbocycles. The van der Waals surface area contributed by atoms with Crippen LogP contribution >= 0.6 is 31.9 Å². The largest absolute Gasteiger partial charge is 0.467 e. The Labute approximate surface area is 164 Å². The van der Waals surface area contributed by atoms with Crippen LogP contribution in [0.25, 0.3) is 0 Å². The van der Waals surface area contributed by atoms with E-state index in [0.29, 0.717) is 12.0 Å². The monoisotopic (exact) mass is 467 g/mol. The minimum absolute atomic E-state index is 0.308. The molecule has 0 saturated carbocycles. The highest BCUT2D eigenvalue weighted by Crippen LogP contribution is 2.20. The number of carbonyl (C=O) groups is 2. The molecule has 0 aliphatic carbocycles. The number of amides is 1. The van der Waals surface area contributed by atoms with Gasteiger partial charge >= 0.3 is 5.97 Å². The Morgan fingerprint density at radius 1 is 1.08 bits per heavy atom. The van der Waals surface area contributed by atoms with Gasteiger partial charge in [0.25, 0.3) is 5.91 Å². The summed E-state index contributed by atoms with van der Waals surface area (Å²) in [5.41, 5.74) is 1.67. The number of rotatable bonds is 7. The highest BCUT2D eigenvalue weighted by molar-refractivity contribution is 9.11. The van der Waals surface area contributed by atoms with Crippen LogP contribution in [-0.2, 0) is 16.0 Å². The second-order valence-electron chi connectivity index (χ2n) is 5.59. The molecule has 0 bridgehead atoms. The second-order valence-corrected chi connectivity index (χ2v) is 7.42. The zero-order valence-electron chi connectivity index (χ0n) is 13.8. The van der Waals surface area contributed by atoms with Gasteiger partial charge in [0.05, 0.1) is 7.11 Å². The zero-order valence-corrected chi connectivity index (χ0v) is 17.0. The predicted octanol–water partition coefficient (Wildman–Crippen LogP) is 4.51. The molecule has 0 aromatic heterocycles. The normalized spacial score (nSPS) is 11.6. The minimum Gasteiger partial charge on any atom is -0.467 e. The molecule has 0 aliphatic rings. The van der Waals surface area contributed by atoms with Crippen LogP contribution in [0.5, 0.6) is 0 Å². The molecule has 0 unspecified atom stereocenters. The van der Waals surface area contributed by atoms with Gasteiger partial charge in [-0.2, -0.15) is 0 Å². The quantitative estimate of drug-likeness (QED) is 0.608. The minimum atomic E-state index is -0.668. The SMILES string of the molecule is COC(=O)[C@H](CCCc1ccccc1)NC(=O)c1cc(Br)cc(Br)c1. The average molecular weight is 469 g/mol. The molecule has 0 fully saturated rings. The Morgan fingerprint density at radius 2 is 1.72 bits per heavy atom. The highest BCUT2D eigenvalue weighted by atomic mass is 79.9. The van der Waals surface area contributed by atoms with Gasteiger partial charge in [-0.25, -0.2) is 4.79 Å². The molecule has 6 heteroatoms. The molecule has 1 amide bonds. The van der Waals surface area contributed by atoms with Crippen molar-refractivity contribution in [2.75, 3.05) is 7.11 Å². The number of benzene rings is 2. The van der Waals surface area contributed by atoms with Crippen molar-refractivity contribution in [3.05, 3.63) is 68.6 Å². The number of carbonyl (C=O) groups excluding carboxylic acids is 2. The van der Waals surface area contributed by atoms with Gasteiger partial charge in [-0.05, 0) is 43.0 Å². The summed E-state index contributed by atoms with van der Waals surface area (Å²) >= 11 is 6.71. The Morgan fingerprint density at radius 3 is 2.32 bits per heavy atom. The standard InChI is InChI=1S/C19H19Br2NO3/c1-25-19(24)17(9-5-8-13-6-3-2-4-7-13)22-18(23)14-10-15(20)12-16(21)11-14/h2-4,6-7,10-12,17H,5,8-9H2,1H3,(H,22,23)/t17-/m0/s1. The highest BCUT2D eigenvalue weighted by Gasteiger charge is 2.22. The van der Waals surface area contributed by atoms with E-state index in [4.69, 9.17) is 4.74 Å². The fourth-order valence-corrected chi connectivity index (χ4v) is 3.77. The third kappa shape index (κ3) is 6.29. The average Bonchev–Trinajstić information content (AvgIpc) is 2.60. The molecule has 132 valence electrons. The van der Waals surface area contributed by atoms with Crippen LogP contribution < -0.4 is 5.32 Å². The van der Waals surface area contributed by atoms with Gasteiger partial charge in [0, 0.05) is 14.5 Å². The van der Waals surface area contributed by atoms with Crippen molar-refractivity contribution in [2.45, 2.75) is 25.3 Å². The Kier molecular flexibility index (Phi) is 7.65. The van der Waals surface area contributed by atoms with Gasteiger partial charge in [0.15, 0.2) is 0 Å². The number of hydrogen-bond acceptors (Lipinski definition) is 3. The van der Waals surface area contributed by atoms with E-state index in [0.717, 1.165) is 21.8 Å². The molecule has 0 spiro atoms. The number of halogens is 2. The van der Waals surface area contributed by atoms with Crippen molar-refractivity contribution in [3.8, 4) is 0 Å². The maximum absolute atomic E-state index is 12.5. The number of nitrogens with one attached hydrogen (secondary N) is 1. The molecule has 0 saturated heterocycles. The lowest BCUT2D eigenvalue weighted by atomic mass is 10.0. The lowest BCUT2D eigenvalue weighted by Gasteiger charge is -2.17. The summed E-state index contributed by atoms with van der Waals surface area (Å²) in [6, 6.07) is 14.6. The third-order valence-corrected chi connectivity index (χ3v) is 4.63. The smallest absolute Gasteiger partial charge is 0.328 e. The van der Waals surface area contributed by atoms with Crippen LogP contribution in [0, 0.1) is 0 Å². The van der Waals surface area contributed by atoms with Crippen LogP contribution in [0.4, 0.5) is 0 Å². The van der Waals surface area contributed by atoms with Gasteiger partial charge in [0.1, 0.15) is 6.04 Å². The van der Waals surface area contributed by atoms with Crippen molar-refractivity contribution < 1.29 is 14.3 Å². The first-order chi connectivity index (χ1) is 12.0. The number of methoxy groups -OCH3 is 1. The third-order valence-electron chi connectivity index (χ3n) is 3.72. The van der Waals surface area contributed by atoms with E-state index >= 15 is 0 Å². The Hall–Kier alpha value is -1.66. The summed E-state index contributed by atoms with van der Waals surface area (Å²) < 4.78 is 6.39. The molecule has 1 N–H and O–H groups in total. The number of aryl methyl sites for hydroxylation is 1. The van der Waals surface area contributed by atoms with E-state index in [2.05, 4.69) is 37.2 Å². The van der Waals surface area contributed by atoms with Crippen LogP contribution in [0.3, 0.4) is 0 Å². The molecule has 2 rings (SSSR count). The fraction of sp³-hybridized carbons (Fsp3) is 0.263. The van der Waals surface area contributed by atoms with Gasteiger partial charge in [-0.1, -0.05) is 62.2 Å². The summed E-state index contributed by atoms with van der Waals surface area (Å²) in [5, 5.41) is 2.77. The van der Waals surface area contributed by atoms with Gasteiger partial charge in [-0.15, -0.1) is 0 Å². The molecular weight excluding hydrogens is 450 g/mol. The Balaban J connectivity index is 1.99. The second kappa shape index (κ2) is 9.73.